The number of hydrogen-bond acceptors (Lipinski definition) is 4. The van der Waals surface area contributed by atoms with E-state index in [4.69, 9.17) is 4.74 Å². The molecule has 15 heavy (non-hydrogen) atoms. The van der Waals surface area contributed by atoms with Gasteiger partial charge in [0.1, 0.15) is 6.10 Å². The van der Waals surface area contributed by atoms with Crippen LogP contribution in [0.15, 0.2) is 12.3 Å². The normalized spacial score (nSPS) is 12.7. The molecule has 5 heteroatoms. The van der Waals surface area contributed by atoms with Gasteiger partial charge in [-0.05, 0) is 12.8 Å². The van der Waals surface area contributed by atoms with Crippen molar-refractivity contribution < 1.29 is 14.5 Å². The molecular formula is C10H17NO4. The van der Waals surface area contributed by atoms with E-state index in [9.17, 15) is 14.9 Å². The maximum absolute atomic E-state index is 10.7. The van der Waals surface area contributed by atoms with Crippen LogP contribution >= 0.6 is 0 Å². The van der Waals surface area contributed by atoms with E-state index in [1.54, 1.807) is 0 Å². The smallest absolute Gasteiger partial charge is 0.303 e. The monoisotopic (exact) mass is 215 g/mol. The molecule has 0 saturated carbocycles. The third-order valence-corrected chi connectivity index (χ3v) is 1.83. The van der Waals surface area contributed by atoms with Gasteiger partial charge in [0.2, 0.25) is 6.20 Å². The first-order chi connectivity index (χ1) is 7.06. The van der Waals surface area contributed by atoms with Crippen molar-refractivity contribution in [3.8, 4) is 0 Å². The summed E-state index contributed by atoms with van der Waals surface area (Å²) >= 11 is 0. The van der Waals surface area contributed by atoms with E-state index in [0.717, 1.165) is 25.5 Å². The van der Waals surface area contributed by atoms with E-state index in [2.05, 4.69) is 6.92 Å². The summed E-state index contributed by atoms with van der Waals surface area (Å²) in [6.07, 6.45) is 5.29. The molecule has 0 aliphatic heterocycles. The zero-order valence-corrected chi connectivity index (χ0v) is 9.14. The van der Waals surface area contributed by atoms with Crippen LogP contribution in [0.4, 0.5) is 0 Å². The zero-order chi connectivity index (χ0) is 11.7. The topological polar surface area (TPSA) is 69.4 Å². The second-order valence-electron chi connectivity index (χ2n) is 3.27. The summed E-state index contributed by atoms with van der Waals surface area (Å²) in [6, 6.07) is 0. The highest BCUT2D eigenvalue weighted by Crippen LogP contribution is 2.08. The number of carbonyl (C=O) groups is 1. The van der Waals surface area contributed by atoms with Gasteiger partial charge < -0.3 is 4.74 Å². The minimum Gasteiger partial charge on any atom is -0.458 e. The van der Waals surface area contributed by atoms with E-state index in [1.165, 1.54) is 13.0 Å². The average Bonchev–Trinajstić information content (AvgIpc) is 2.13. The van der Waals surface area contributed by atoms with E-state index < -0.39 is 17.0 Å². The van der Waals surface area contributed by atoms with E-state index in [-0.39, 0.29) is 0 Å². The largest absolute Gasteiger partial charge is 0.458 e. The number of rotatable bonds is 7. The summed E-state index contributed by atoms with van der Waals surface area (Å²) in [4.78, 5) is 20.2. The number of unbranched alkanes of at least 4 members (excludes halogenated alkanes) is 2. The van der Waals surface area contributed by atoms with Crippen molar-refractivity contribution in [3.05, 3.63) is 22.4 Å². The molecule has 0 N–H and O–H groups in total. The lowest BCUT2D eigenvalue weighted by Crippen LogP contribution is -2.14. The molecule has 0 aliphatic carbocycles. The summed E-state index contributed by atoms with van der Waals surface area (Å²) in [5.41, 5.74) is 0. The van der Waals surface area contributed by atoms with Gasteiger partial charge in [0.05, 0.1) is 4.92 Å². The SMILES string of the molecule is CCCCCC(/C=C/[N+](=O)[O-])OC(C)=O. The van der Waals surface area contributed by atoms with Crippen molar-refractivity contribution in [3.63, 3.8) is 0 Å². The molecule has 5 nitrogen and oxygen atoms in total. The molecule has 86 valence electrons. The Bertz CT molecular complexity index is 238. The van der Waals surface area contributed by atoms with Gasteiger partial charge in [-0.2, -0.15) is 0 Å². The van der Waals surface area contributed by atoms with Crippen molar-refractivity contribution in [2.45, 2.75) is 45.6 Å². The molecule has 0 aromatic rings. The maximum atomic E-state index is 10.7. The molecule has 0 heterocycles. The standard InChI is InChI=1S/C10H17NO4/c1-3-4-5-6-10(15-9(2)12)7-8-11(13)14/h7-8,10H,3-6H2,1-2H3/b8-7+. The Morgan fingerprint density at radius 1 is 1.53 bits per heavy atom. The van der Waals surface area contributed by atoms with Crippen molar-refractivity contribution in [2.24, 2.45) is 0 Å². The molecule has 1 atom stereocenters. The fraction of sp³-hybridized carbons (Fsp3) is 0.700. The van der Waals surface area contributed by atoms with Crippen LogP contribution in [-0.2, 0) is 9.53 Å². The summed E-state index contributed by atoms with van der Waals surface area (Å²) < 4.78 is 4.92. The quantitative estimate of drug-likeness (QED) is 0.283. The Kier molecular flexibility index (Phi) is 7.23. The number of hydrogen-bond donors (Lipinski definition) is 0. The number of esters is 1. The van der Waals surface area contributed by atoms with Crippen molar-refractivity contribution in [1.29, 1.82) is 0 Å². The Morgan fingerprint density at radius 2 is 2.20 bits per heavy atom. The molecule has 0 saturated heterocycles. The lowest BCUT2D eigenvalue weighted by Gasteiger charge is -2.11. The van der Waals surface area contributed by atoms with E-state index in [0.29, 0.717) is 6.42 Å². The van der Waals surface area contributed by atoms with Gasteiger partial charge in [-0.25, -0.2) is 0 Å². The molecule has 1 unspecified atom stereocenters. The summed E-state index contributed by atoms with van der Waals surface area (Å²) in [5, 5.41) is 10.1. The van der Waals surface area contributed by atoms with Crippen LogP contribution in [0.5, 0.6) is 0 Å². The Labute approximate surface area is 89.3 Å². The Hall–Kier alpha value is -1.39. The van der Waals surface area contributed by atoms with E-state index in [1.807, 2.05) is 0 Å². The van der Waals surface area contributed by atoms with Gasteiger partial charge in [0.15, 0.2) is 0 Å². The molecular weight excluding hydrogens is 198 g/mol. The highest BCUT2D eigenvalue weighted by Gasteiger charge is 2.09. The van der Waals surface area contributed by atoms with Crippen LogP contribution < -0.4 is 0 Å². The van der Waals surface area contributed by atoms with Crippen LogP contribution in [0, 0.1) is 10.1 Å². The third-order valence-electron chi connectivity index (χ3n) is 1.83. The second kappa shape index (κ2) is 7.96. The number of carbonyl (C=O) groups excluding carboxylic acids is 1. The molecule has 0 fully saturated rings. The number of nitro groups is 1. The van der Waals surface area contributed by atoms with Gasteiger partial charge in [0, 0.05) is 13.0 Å². The highest BCUT2D eigenvalue weighted by molar-refractivity contribution is 5.66. The van der Waals surface area contributed by atoms with Crippen molar-refractivity contribution in [2.75, 3.05) is 0 Å². The van der Waals surface area contributed by atoms with Crippen LogP contribution in [0.25, 0.3) is 0 Å². The zero-order valence-electron chi connectivity index (χ0n) is 9.14. The predicted octanol–water partition coefficient (Wildman–Crippen LogP) is 2.29. The Morgan fingerprint density at radius 3 is 2.67 bits per heavy atom. The average molecular weight is 215 g/mol. The van der Waals surface area contributed by atoms with Gasteiger partial charge in [-0.3, -0.25) is 14.9 Å². The molecule has 0 amide bonds. The maximum Gasteiger partial charge on any atom is 0.303 e. The van der Waals surface area contributed by atoms with Crippen LogP contribution in [0.2, 0.25) is 0 Å². The number of ether oxygens (including phenoxy) is 1. The molecule has 0 aliphatic rings. The summed E-state index contributed by atoms with van der Waals surface area (Å²) in [6.45, 7) is 3.36. The lowest BCUT2D eigenvalue weighted by molar-refractivity contribution is -0.402. The summed E-state index contributed by atoms with van der Waals surface area (Å²) in [7, 11) is 0. The number of nitrogens with zero attached hydrogens (tertiary/aromatic N) is 1. The lowest BCUT2D eigenvalue weighted by atomic mass is 10.1. The first kappa shape index (κ1) is 13.6. The van der Waals surface area contributed by atoms with Crippen LogP contribution in [-0.4, -0.2) is 17.0 Å². The Balaban J connectivity index is 4.05. The molecule has 0 aromatic heterocycles. The summed E-state index contributed by atoms with van der Waals surface area (Å²) in [5.74, 6) is -0.413. The second-order valence-corrected chi connectivity index (χ2v) is 3.27. The molecule has 0 aromatic carbocycles. The molecule has 0 rings (SSSR count). The first-order valence-corrected chi connectivity index (χ1v) is 5.05. The van der Waals surface area contributed by atoms with Gasteiger partial charge in [0.25, 0.3) is 0 Å². The molecule has 0 spiro atoms. The van der Waals surface area contributed by atoms with Gasteiger partial charge in [-0.15, -0.1) is 0 Å². The molecule has 0 radical (unpaired) electrons. The predicted molar refractivity (Wildman–Crippen MR) is 55.8 cm³/mol. The molecule has 0 bridgehead atoms. The van der Waals surface area contributed by atoms with Crippen molar-refractivity contribution in [1.82, 2.24) is 0 Å². The van der Waals surface area contributed by atoms with E-state index >= 15 is 0 Å². The minimum atomic E-state index is -0.559. The van der Waals surface area contributed by atoms with Gasteiger partial charge in [-0.1, -0.05) is 19.8 Å². The fourth-order valence-electron chi connectivity index (χ4n) is 1.17. The first-order valence-electron chi connectivity index (χ1n) is 5.05. The minimum absolute atomic E-state index is 0.413. The highest BCUT2D eigenvalue weighted by atomic mass is 16.6. The van der Waals surface area contributed by atoms with Crippen LogP contribution in [0.1, 0.15) is 39.5 Å². The van der Waals surface area contributed by atoms with Crippen molar-refractivity contribution >= 4 is 5.97 Å². The van der Waals surface area contributed by atoms with Gasteiger partial charge >= 0.3 is 5.97 Å². The fourth-order valence-corrected chi connectivity index (χ4v) is 1.17. The van der Waals surface area contributed by atoms with Crippen LogP contribution in [0.3, 0.4) is 0 Å². The third kappa shape index (κ3) is 8.93.